The number of carbonyl (C=O) groups is 1. The van der Waals surface area contributed by atoms with E-state index >= 15 is 0 Å². The lowest BCUT2D eigenvalue weighted by atomic mass is 9.68. The molecule has 1 unspecified atom stereocenters. The molecule has 1 aliphatic carbocycles. The minimum absolute atomic E-state index is 0.312. The molecule has 0 aromatic rings. The summed E-state index contributed by atoms with van der Waals surface area (Å²) in [5.41, 5.74) is 3.66. The fraction of sp³-hybridized carbons (Fsp3) is 0.450. The van der Waals surface area contributed by atoms with Gasteiger partial charge in [-0.1, -0.05) is 61.4 Å². The Kier molecular flexibility index (Phi) is 6.61. The van der Waals surface area contributed by atoms with E-state index in [1.165, 1.54) is 24.5 Å². The van der Waals surface area contributed by atoms with E-state index in [9.17, 15) is 4.79 Å². The molecule has 1 aliphatic rings. The third kappa shape index (κ3) is 5.88. The second-order valence-corrected chi connectivity index (χ2v) is 6.81. The fourth-order valence-corrected chi connectivity index (χ4v) is 2.88. The standard InChI is InChI=1S/C20H28O2/c1-15(8-6-9-16(2)14-19(21)22)11-12-18-17(3)10-7-13-20(18,4)5/h6,8-12,14,18H,7,13H2,1-5H3,(H,21,22)/b9-6+,12-11+,15-8-,16-14+. The molecule has 0 bridgehead atoms. The average molecular weight is 300 g/mol. The van der Waals surface area contributed by atoms with Gasteiger partial charge in [0.1, 0.15) is 0 Å². The summed E-state index contributed by atoms with van der Waals surface area (Å²) in [6.45, 7) is 10.7. The lowest BCUT2D eigenvalue weighted by molar-refractivity contribution is -0.131. The molecule has 0 saturated heterocycles. The molecule has 0 aromatic heterocycles. The molecule has 0 heterocycles. The Morgan fingerprint density at radius 2 is 1.95 bits per heavy atom. The molecule has 1 N–H and O–H groups in total. The zero-order valence-electron chi connectivity index (χ0n) is 14.4. The topological polar surface area (TPSA) is 37.3 Å². The number of carboxylic acids is 1. The largest absolute Gasteiger partial charge is 0.478 e. The van der Waals surface area contributed by atoms with Crippen LogP contribution in [0.1, 0.15) is 47.5 Å². The first-order valence-corrected chi connectivity index (χ1v) is 7.83. The quantitative estimate of drug-likeness (QED) is 0.416. The van der Waals surface area contributed by atoms with Crippen LogP contribution in [0.15, 0.2) is 59.3 Å². The van der Waals surface area contributed by atoms with Gasteiger partial charge in [0, 0.05) is 12.0 Å². The van der Waals surface area contributed by atoms with Crippen molar-refractivity contribution in [3.63, 3.8) is 0 Å². The molecule has 0 fully saturated rings. The lowest BCUT2D eigenvalue weighted by Crippen LogP contribution is -2.26. The van der Waals surface area contributed by atoms with Crippen LogP contribution in [-0.4, -0.2) is 11.1 Å². The summed E-state index contributed by atoms with van der Waals surface area (Å²) in [4.78, 5) is 10.5. The maximum Gasteiger partial charge on any atom is 0.328 e. The van der Waals surface area contributed by atoms with Crippen molar-refractivity contribution >= 4 is 5.97 Å². The molecule has 1 rings (SSSR count). The predicted molar refractivity (Wildman–Crippen MR) is 93.7 cm³/mol. The number of aliphatic carboxylic acids is 1. The van der Waals surface area contributed by atoms with Crippen molar-refractivity contribution in [2.45, 2.75) is 47.5 Å². The van der Waals surface area contributed by atoms with Gasteiger partial charge in [-0.15, -0.1) is 0 Å². The molecule has 0 spiro atoms. The van der Waals surface area contributed by atoms with E-state index in [0.717, 1.165) is 11.1 Å². The van der Waals surface area contributed by atoms with Crippen LogP contribution >= 0.6 is 0 Å². The molecular weight excluding hydrogens is 272 g/mol. The average Bonchev–Trinajstić information content (AvgIpc) is 2.36. The maximum absolute atomic E-state index is 10.5. The first-order chi connectivity index (χ1) is 10.2. The Morgan fingerprint density at radius 1 is 1.27 bits per heavy atom. The lowest BCUT2D eigenvalue weighted by Gasteiger charge is -2.36. The number of carboxylic acid groups (broad SMARTS) is 1. The normalized spacial score (nSPS) is 23.1. The van der Waals surface area contributed by atoms with Crippen molar-refractivity contribution in [3.05, 3.63) is 59.3 Å². The molecule has 0 saturated carbocycles. The van der Waals surface area contributed by atoms with Crippen LogP contribution in [0.25, 0.3) is 0 Å². The second-order valence-electron chi connectivity index (χ2n) is 6.81. The number of rotatable bonds is 5. The van der Waals surface area contributed by atoms with E-state index in [0.29, 0.717) is 11.3 Å². The molecule has 0 aliphatic heterocycles. The molecule has 0 amide bonds. The van der Waals surface area contributed by atoms with E-state index in [-0.39, 0.29) is 0 Å². The molecule has 120 valence electrons. The van der Waals surface area contributed by atoms with E-state index in [4.69, 9.17) is 5.11 Å². The van der Waals surface area contributed by atoms with Crippen molar-refractivity contribution in [2.24, 2.45) is 11.3 Å². The summed E-state index contributed by atoms with van der Waals surface area (Å²) in [7, 11) is 0. The van der Waals surface area contributed by atoms with Gasteiger partial charge in [-0.3, -0.25) is 0 Å². The monoisotopic (exact) mass is 300 g/mol. The van der Waals surface area contributed by atoms with Gasteiger partial charge in [0.2, 0.25) is 0 Å². The Bertz CT molecular complexity index is 554. The first-order valence-electron chi connectivity index (χ1n) is 7.83. The molecule has 1 atom stereocenters. The highest BCUT2D eigenvalue weighted by atomic mass is 16.4. The van der Waals surface area contributed by atoms with Gasteiger partial charge in [-0.05, 0) is 44.6 Å². The van der Waals surface area contributed by atoms with Gasteiger partial charge in [-0.2, -0.15) is 0 Å². The number of hydrogen-bond donors (Lipinski definition) is 1. The smallest absolute Gasteiger partial charge is 0.328 e. The molecule has 2 nitrogen and oxygen atoms in total. The van der Waals surface area contributed by atoms with Gasteiger partial charge >= 0.3 is 5.97 Å². The molecule has 0 aromatic carbocycles. The van der Waals surface area contributed by atoms with Gasteiger partial charge in [0.25, 0.3) is 0 Å². The minimum Gasteiger partial charge on any atom is -0.478 e. The van der Waals surface area contributed by atoms with Crippen LogP contribution < -0.4 is 0 Å². The summed E-state index contributed by atoms with van der Waals surface area (Å²) in [6.07, 6.45) is 16.1. The van der Waals surface area contributed by atoms with E-state index in [1.807, 2.05) is 12.2 Å². The highest BCUT2D eigenvalue weighted by Gasteiger charge is 2.30. The van der Waals surface area contributed by atoms with Gasteiger partial charge < -0.3 is 5.11 Å². The van der Waals surface area contributed by atoms with Crippen LogP contribution in [0.2, 0.25) is 0 Å². The number of hydrogen-bond acceptors (Lipinski definition) is 1. The van der Waals surface area contributed by atoms with Crippen LogP contribution in [0.5, 0.6) is 0 Å². The highest BCUT2D eigenvalue weighted by molar-refractivity contribution is 5.81. The minimum atomic E-state index is -0.912. The SMILES string of the molecule is CC1=CCCC(C)(C)C1/C=C/C(C)=C\C=C\C(C)=C\C(=O)O. The van der Waals surface area contributed by atoms with E-state index < -0.39 is 5.97 Å². The van der Waals surface area contributed by atoms with E-state index in [1.54, 1.807) is 13.0 Å². The summed E-state index contributed by atoms with van der Waals surface area (Å²) >= 11 is 0. The zero-order chi connectivity index (χ0) is 16.8. The summed E-state index contributed by atoms with van der Waals surface area (Å²) in [6, 6.07) is 0. The van der Waals surface area contributed by atoms with Crippen molar-refractivity contribution in [1.82, 2.24) is 0 Å². The molecular formula is C20H28O2. The Morgan fingerprint density at radius 3 is 2.55 bits per heavy atom. The summed E-state index contributed by atoms with van der Waals surface area (Å²) in [5.74, 6) is -0.424. The van der Waals surface area contributed by atoms with Crippen LogP contribution in [0.4, 0.5) is 0 Å². The van der Waals surface area contributed by atoms with Crippen LogP contribution in [0, 0.1) is 11.3 Å². The second kappa shape index (κ2) is 7.98. The van der Waals surface area contributed by atoms with Gasteiger partial charge in [0.15, 0.2) is 0 Å². The van der Waals surface area contributed by atoms with Crippen LogP contribution in [0.3, 0.4) is 0 Å². The molecule has 2 heteroatoms. The Labute approximate surface area is 134 Å². The third-order valence-electron chi connectivity index (χ3n) is 4.21. The highest BCUT2D eigenvalue weighted by Crippen LogP contribution is 2.41. The van der Waals surface area contributed by atoms with Crippen molar-refractivity contribution in [3.8, 4) is 0 Å². The summed E-state index contributed by atoms with van der Waals surface area (Å²) in [5, 5.41) is 8.65. The molecule has 0 radical (unpaired) electrons. The van der Waals surface area contributed by atoms with Gasteiger partial charge in [0.05, 0.1) is 0 Å². The third-order valence-corrected chi connectivity index (χ3v) is 4.21. The van der Waals surface area contributed by atoms with Crippen LogP contribution in [-0.2, 0) is 4.79 Å². The van der Waals surface area contributed by atoms with Crippen molar-refractivity contribution < 1.29 is 9.90 Å². The summed E-state index contributed by atoms with van der Waals surface area (Å²) < 4.78 is 0. The van der Waals surface area contributed by atoms with Gasteiger partial charge in [-0.25, -0.2) is 4.79 Å². The Balaban J connectivity index is 2.75. The fourth-order valence-electron chi connectivity index (χ4n) is 2.88. The van der Waals surface area contributed by atoms with E-state index in [2.05, 4.69) is 45.9 Å². The Hall–Kier alpha value is -1.83. The molecule has 22 heavy (non-hydrogen) atoms. The zero-order valence-corrected chi connectivity index (χ0v) is 14.4. The maximum atomic E-state index is 10.5. The number of allylic oxidation sites excluding steroid dienone is 9. The predicted octanol–water partition coefficient (Wildman–Crippen LogP) is 5.46. The van der Waals surface area contributed by atoms with Crippen molar-refractivity contribution in [2.75, 3.05) is 0 Å². The first kappa shape index (κ1) is 18.2. The van der Waals surface area contributed by atoms with Crippen molar-refractivity contribution in [1.29, 1.82) is 0 Å².